The van der Waals surface area contributed by atoms with Gasteiger partial charge in [0.1, 0.15) is 0 Å². The molecule has 0 aromatic heterocycles. The average molecular weight is 248 g/mol. The Balaban J connectivity index is 2.20. The average Bonchev–Trinajstić information content (AvgIpc) is 2.61. The van der Waals surface area contributed by atoms with Gasteiger partial charge in [-0.15, -0.1) is 23.5 Å². The lowest BCUT2D eigenvalue weighted by Crippen LogP contribution is -2.02. The van der Waals surface area contributed by atoms with Crippen LogP contribution in [0.4, 0.5) is 0 Å². The Morgan fingerprint density at radius 1 is 1.64 bits per heavy atom. The number of thioether (sulfide) groups is 3. The van der Waals surface area contributed by atoms with E-state index in [1.54, 1.807) is 6.92 Å². The largest absolute Gasteiger partial charge is 0.282 e. The fourth-order valence-electron chi connectivity index (χ4n) is 1.08. The van der Waals surface area contributed by atoms with Crippen molar-refractivity contribution in [2.75, 3.05) is 11.5 Å². The zero-order chi connectivity index (χ0) is 10.6. The Hall–Kier alpha value is 0.460. The summed E-state index contributed by atoms with van der Waals surface area (Å²) in [5.74, 6) is 2.17. The van der Waals surface area contributed by atoms with Gasteiger partial charge in [-0.3, -0.25) is 4.79 Å². The maximum absolute atomic E-state index is 11.3. The first kappa shape index (κ1) is 12.5. The van der Waals surface area contributed by atoms with Crippen LogP contribution in [0.25, 0.3) is 0 Å². The van der Waals surface area contributed by atoms with Gasteiger partial charge < -0.3 is 0 Å². The van der Waals surface area contributed by atoms with Crippen LogP contribution in [-0.2, 0) is 4.79 Å². The third kappa shape index (κ3) is 3.91. The number of rotatable bonds is 4. The Morgan fingerprint density at radius 2 is 2.36 bits per heavy atom. The smallest absolute Gasteiger partial charge is 0.214 e. The molecule has 1 heterocycles. The second kappa shape index (κ2) is 6.13. The predicted octanol–water partition coefficient (Wildman–Crippen LogP) is 3.41. The predicted molar refractivity (Wildman–Crippen MR) is 70.2 cm³/mol. The quantitative estimate of drug-likeness (QED) is 0.709. The van der Waals surface area contributed by atoms with E-state index in [4.69, 9.17) is 0 Å². The summed E-state index contributed by atoms with van der Waals surface area (Å²) in [6.07, 6.45) is 1.24. The Labute approximate surface area is 98.9 Å². The summed E-state index contributed by atoms with van der Waals surface area (Å²) in [5.41, 5.74) is 0.662. The fourth-order valence-corrected chi connectivity index (χ4v) is 5.58. The first-order valence-electron chi connectivity index (χ1n) is 4.73. The van der Waals surface area contributed by atoms with Crippen LogP contribution in [-0.4, -0.2) is 26.5 Å². The summed E-state index contributed by atoms with van der Waals surface area (Å²) in [5, 5.41) is 0.941. The summed E-state index contributed by atoms with van der Waals surface area (Å²) < 4.78 is 0.605. The monoisotopic (exact) mass is 248 g/mol. The van der Waals surface area contributed by atoms with Gasteiger partial charge in [0.2, 0.25) is 5.12 Å². The first-order valence-corrected chi connectivity index (χ1v) is 7.71. The van der Waals surface area contributed by atoms with Crippen molar-refractivity contribution < 1.29 is 4.79 Å². The number of hydrogen-bond donors (Lipinski definition) is 0. The number of hydrogen-bond acceptors (Lipinski definition) is 4. The van der Waals surface area contributed by atoms with E-state index in [1.807, 2.05) is 23.5 Å². The van der Waals surface area contributed by atoms with E-state index in [1.165, 1.54) is 23.9 Å². The van der Waals surface area contributed by atoms with Crippen molar-refractivity contribution in [1.82, 2.24) is 0 Å². The van der Waals surface area contributed by atoms with Gasteiger partial charge in [0.05, 0.1) is 4.58 Å². The molecule has 1 nitrogen and oxygen atoms in total. The molecule has 80 valence electrons. The van der Waals surface area contributed by atoms with Crippen LogP contribution in [0.2, 0.25) is 0 Å². The van der Waals surface area contributed by atoms with E-state index in [0.717, 1.165) is 11.0 Å². The van der Waals surface area contributed by atoms with E-state index in [2.05, 4.69) is 13.5 Å². The minimum atomic E-state index is 0.145. The molecule has 1 aliphatic rings. The van der Waals surface area contributed by atoms with Crippen molar-refractivity contribution in [3.05, 3.63) is 12.2 Å². The molecule has 0 radical (unpaired) electrons. The summed E-state index contributed by atoms with van der Waals surface area (Å²) in [7, 11) is 0. The molecule has 0 aromatic rings. The molecule has 14 heavy (non-hydrogen) atoms. The molecule has 0 amide bonds. The minimum absolute atomic E-state index is 0.145. The van der Waals surface area contributed by atoms with E-state index in [0.29, 0.717) is 10.2 Å². The molecule has 1 rings (SSSR count). The van der Waals surface area contributed by atoms with Crippen LogP contribution in [0.15, 0.2) is 12.2 Å². The molecule has 2 unspecified atom stereocenters. The zero-order valence-electron chi connectivity index (χ0n) is 8.62. The van der Waals surface area contributed by atoms with Crippen molar-refractivity contribution in [1.29, 1.82) is 0 Å². The molecular weight excluding hydrogens is 232 g/mol. The lowest BCUT2D eigenvalue weighted by molar-refractivity contribution is -0.107. The molecule has 0 bridgehead atoms. The van der Waals surface area contributed by atoms with Gasteiger partial charge in [-0.25, -0.2) is 0 Å². The third-order valence-electron chi connectivity index (χ3n) is 1.97. The van der Waals surface area contributed by atoms with Crippen LogP contribution in [0.1, 0.15) is 20.3 Å². The number of carbonyl (C=O) groups is 1. The SMILES string of the molecule is C=C(C)C(=O)SCC1SCC(CC)S1. The molecule has 2 atom stereocenters. The number of carbonyl (C=O) groups excluding carboxylic acids is 1. The standard InChI is InChI=1S/C10H16OS3/c1-4-8-5-12-9(14-8)6-13-10(11)7(2)3/h8-9H,2,4-6H2,1,3H3. The highest BCUT2D eigenvalue weighted by molar-refractivity contribution is 8.22. The Bertz CT molecular complexity index is 227. The van der Waals surface area contributed by atoms with Gasteiger partial charge in [0.25, 0.3) is 0 Å². The molecule has 0 N–H and O–H groups in total. The van der Waals surface area contributed by atoms with E-state index < -0.39 is 0 Å². The van der Waals surface area contributed by atoms with Crippen LogP contribution >= 0.6 is 35.3 Å². The van der Waals surface area contributed by atoms with E-state index in [-0.39, 0.29) is 5.12 Å². The third-order valence-corrected chi connectivity index (χ3v) is 6.94. The maximum Gasteiger partial charge on any atom is 0.214 e. The van der Waals surface area contributed by atoms with Crippen molar-refractivity contribution in [2.45, 2.75) is 30.1 Å². The van der Waals surface area contributed by atoms with Gasteiger partial charge in [-0.1, -0.05) is 25.3 Å². The van der Waals surface area contributed by atoms with Crippen molar-refractivity contribution >= 4 is 40.4 Å². The van der Waals surface area contributed by atoms with Crippen LogP contribution in [0.5, 0.6) is 0 Å². The highest BCUT2D eigenvalue weighted by atomic mass is 32.2. The van der Waals surface area contributed by atoms with Gasteiger partial charge in [-0.05, 0) is 18.9 Å². The van der Waals surface area contributed by atoms with E-state index in [9.17, 15) is 4.79 Å². The molecule has 1 aliphatic heterocycles. The molecule has 1 fully saturated rings. The molecule has 0 spiro atoms. The van der Waals surface area contributed by atoms with Crippen molar-refractivity contribution in [3.8, 4) is 0 Å². The highest BCUT2D eigenvalue weighted by Gasteiger charge is 2.25. The molecule has 4 heteroatoms. The zero-order valence-corrected chi connectivity index (χ0v) is 11.1. The second-order valence-electron chi connectivity index (χ2n) is 3.31. The normalized spacial score (nSPS) is 26.4. The summed E-state index contributed by atoms with van der Waals surface area (Å²) in [6.45, 7) is 7.65. The molecular formula is C10H16OS3. The molecule has 0 aromatic carbocycles. The lowest BCUT2D eigenvalue weighted by atomic mass is 10.4. The highest BCUT2D eigenvalue weighted by Crippen LogP contribution is 2.40. The van der Waals surface area contributed by atoms with Crippen molar-refractivity contribution in [2.24, 2.45) is 0 Å². The molecule has 1 saturated heterocycles. The topological polar surface area (TPSA) is 17.1 Å². The minimum Gasteiger partial charge on any atom is -0.282 e. The van der Waals surface area contributed by atoms with Gasteiger partial charge >= 0.3 is 0 Å². The van der Waals surface area contributed by atoms with E-state index >= 15 is 0 Å². The second-order valence-corrected chi connectivity index (χ2v) is 7.34. The van der Waals surface area contributed by atoms with Crippen molar-refractivity contribution in [3.63, 3.8) is 0 Å². The maximum atomic E-state index is 11.3. The van der Waals surface area contributed by atoms with Crippen LogP contribution < -0.4 is 0 Å². The van der Waals surface area contributed by atoms with Crippen LogP contribution in [0, 0.1) is 0 Å². The van der Waals surface area contributed by atoms with Gasteiger partial charge in [-0.2, -0.15) is 0 Å². The molecule has 0 aliphatic carbocycles. The summed E-state index contributed by atoms with van der Waals surface area (Å²) >= 11 is 5.43. The summed E-state index contributed by atoms with van der Waals surface area (Å²) in [4.78, 5) is 11.3. The lowest BCUT2D eigenvalue weighted by Gasteiger charge is -2.07. The fraction of sp³-hybridized carbons (Fsp3) is 0.700. The van der Waals surface area contributed by atoms with Gasteiger partial charge in [0, 0.05) is 16.8 Å². The van der Waals surface area contributed by atoms with Crippen LogP contribution in [0.3, 0.4) is 0 Å². The Kier molecular flexibility index (Phi) is 5.49. The van der Waals surface area contributed by atoms with Gasteiger partial charge in [0.15, 0.2) is 0 Å². The molecule has 0 saturated carbocycles. The summed E-state index contributed by atoms with van der Waals surface area (Å²) in [6, 6.07) is 0. The first-order chi connectivity index (χ1) is 6.63. The Morgan fingerprint density at radius 3 is 2.86 bits per heavy atom.